The number of nitrogens with one attached hydrogen (secondary N) is 1. The van der Waals surface area contributed by atoms with Gasteiger partial charge in [0, 0.05) is 29.2 Å². The molecular weight excluding hydrogens is 362 g/mol. The topological polar surface area (TPSA) is 45.5 Å². The van der Waals surface area contributed by atoms with E-state index in [1.54, 1.807) is 23.1 Å². The summed E-state index contributed by atoms with van der Waals surface area (Å²) in [6, 6.07) is 8.74. The Morgan fingerprint density at radius 2 is 1.77 bits per heavy atom. The minimum Gasteiger partial charge on any atom is -0.451 e. The zero-order valence-corrected chi connectivity index (χ0v) is 14.4. The first-order chi connectivity index (χ1) is 12.5. The van der Waals surface area contributed by atoms with Crippen LogP contribution >= 0.6 is 11.6 Å². The Bertz CT molecular complexity index is 973. The van der Waals surface area contributed by atoms with Gasteiger partial charge >= 0.3 is 0 Å². The van der Waals surface area contributed by atoms with Crippen LogP contribution in [0.4, 0.5) is 20.2 Å². The number of anilines is 2. The van der Waals surface area contributed by atoms with Crippen molar-refractivity contribution >= 4 is 39.9 Å². The van der Waals surface area contributed by atoms with Gasteiger partial charge in [-0.05, 0) is 49.2 Å². The molecule has 26 heavy (non-hydrogen) atoms. The molecule has 0 radical (unpaired) electrons. The van der Waals surface area contributed by atoms with Crippen LogP contribution in [-0.2, 0) is 0 Å². The lowest BCUT2D eigenvalue weighted by atomic mass is 10.2. The lowest BCUT2D eigenvalue weighted by molar-refractivity contribution is 0.0998. The third-order valence-electron chi connectivity index (χ3n) is 4.40. The molecule has 1 aliphatic heterocycles. The first kappa shape index (κ1) is 16.8. The number of carbonyl (C=O) groups excluding carboxylic acids is 1. The van der Waals surface area contributed by atoms with Crippen molar-refractivity contribution in [3.63, 3.8) is 0 Å². The van der Waals surface area contributed by atoms with Crippen molar-refractivity contribution in [1.29, 1.82) is 0 Å². The second-order valence-corrected chi connectivity index (χ2v) is 6.67. The quantitative estimate of drug-likeness (QED) is 0.682. The van der Waals surface area contributed by atoms with Gasteiger partial charge in [-0.1, -0.05) is 11.6 Å². The molecule has 134 valence electrons. The number of furan rings is 1. The van der Waals surface area contributed by atoms with Crippen LogP contribution in [0.2, 0.25) is 5.02 Å². The van der Waals surface area contributed by atoms with E-state index in [4.69, 9.17) is 16.0 Å². The SMILES string of the molecule is O=C(Nc1cc(F)c(N2CCCC2)c(F)c1)c1cc2cc(Cl)ccc2o1. The average molecular weight is 377 g/mol. The molecule has 0 spiro atoms. The molecule has 1 aromatic heterocycles. The fourth-order valence-corrected chi connectivity index (χ4v) is 3.38. The molecule has 3 aromatic rings. The van der Waals surface area contributed by atoms with Crippen LogP contribution < -0.4 is 10.2 Å². The average Bonchev–Trinajstić information content (AvgIpc) is 3.23. The molecule has 7 heteroatoms. The predicted octanol–water partition coefficient (Wildman–Crippen LogP) is 5.22. The number of hydrogen-bond donors (Lipinski definition) is 1. The van der Waals surface area contributed by atoms with Crippen LogP contribution in [0, 0.1) is 11.6 Å². The summed E-state index contributed by atoms with van der Waals surface area (Å²) < 4.78 is 34.2. The maximum atomic E-state index is 14.4. The molecule has 1 fully saturated rings. The van der Waals surface area contributed by atoms with E-state index in [0.29, 0.717) is 29.1 Å². The summed E-state index contributed by atoms with van der Waals surface area (Å²) in [6.07, 6.45) is 1.82. The summed E-state index contributed by atoms with van der Waals surface area (Å²) in [5, 5.41) is 3.66. The number of benzene rings is 2. The summed E-state index contributed by atoms with van der Waals surface area (Å²) in [7, 11) is 0. The van der Waals surface area contributed by atoms with Crippen molar-refractivity contribution in [2.75, 3.05) is 23.3 Å². The molecule has 4 rings (SSSR count). The van der Waals surface area contributed by atoms with Crippen LogP contribution in [0.15, 0.2) is 40.8 Å². The van der Waals surface area contributed by atoms with Crippen molar-refractivity contribution < 1.29 is 18.0 Å². The normalized spacial score (nSPS) is 14.2. The summed E-state index contributed by atoms with van der Waals surface area (Å²) in [5.74, 6) is -1.95. The molecule has 0 aliphatic carbocycles. The van der Waals surface area contributed by atoms with Crippen LogP contribution in [0.5, 0.6) is 0 Å². The number of hydrogen-bond acceptors (Lipinski definition) is 3. The third-order valence-corrected chi connectivity index (χ3v) is 4.63. The molecule has 1 N–H and O–H groups in total. The highest BCUT2D eigenvalue weighted by atomic mass is 35.5. The Labute approximate surface area is 153 Å². The highest BCUT2D eigenvalue weighted by molar-refractivity contribution is 6.31. The van der Waals surface area contributed by atoms with Gasteiger partial charge in [-0.3, -0.25) is 4.79 Å². The van der Waals surface area contributed by atoms with E-state index < -0.39 is 17.5 Å². The number of nitrogens with zero attached hydrogens (tertiary/aromatic N) is 1. The summed E-state index contributed by atoms with van der Waals surface area (Å²) >= 11 is 5.91. The van der Waals surface area contributed by atoms with E-state index in [2.05, 4.69) is 5.32 Å². The van der Waals surface area contributed by atoms with Crippen LogP contribution in [0.1, 0.15) is 23.4 Å². The standard InChI is InChI=1S/C19H15ClF2N2O2/c20-12-3-4-16-11(7-12)8-17(26-16)19(25)23-13-9-14(21)18(15(22)10-13)24-5-1-2-6-24/h3-4,7-10H,1-2,5-6H2,(H,23,25). The number of halogens is 3. The number of amides is 1. The van der Waals surface area contributed by atoms with Gasteiger partial charge in [0.1, 0.15) is 11.3 Å². The van der Waals surface area contributed by atoms with Crippen LogP contribution in [0.25, 0.3) is 11.0 Å². The summed E-state index contributed by atoms with van der Waals surface area (Å²) in [4.78, 5) is 14.0. The minimum atomic E-state index is -0.696. The predicted molar refractivity (Wildman–Crippen MR) is 97.0 cm³/mol. The molecule has 1 aliphatic rings. The zero-order valence-electron chi connectivity index (χ0n) is 13.7. The molecule has 4 nitrogen and oxygen atoms in total. The molecule has 0 bridgehead atoms. The van der Waals surface area contributed by atoms with Gasteiger partial charge in [0.25, 0.3) is 5.91 Å². The van der Waals surface area contributed by atoms with Gasteiger partial charge in [0.15, 0.2) is 17.4 Å². The smallest absolute Gasteiger partial charge is 0.291 e. The van der Waals surface area contributed by atoms with Gasteiger partial charge in [0.05, 0.1) is 0 Å². The summed E-state index contributed by atoms with van der Waals surface area (Å²) in [5.41, 5.74) is 0.492. The van der Waals surface area contributed by atoms with E-state index in [0.717, 1.165) is 25.0 Å². The lowest BCUT2D eigenvalue weighted by Crippen LogP contribution is -2.21. The molecule has 0 unspecified atom stereocenters. The molecule has 0 atom stereocenters. The highest BCUT2D eigenvalue weighted by Gasteiger charge is 2.22. The zero-order chi connectivity index (χ0) is 18.3. The number of fused-ring (bicyclic) bond motifs is 1. The van der Waals surface area contributed by atoms with Crippen molar-refractivity contribution in [1.82, 2.24) is 0 Å². The second-order valence-electron chi connectivity index (χ2n) is 6.23. The highest BCUT2D eigenvalue weighted by Crippen LogP contribution is 2.30. The molecule has 2 heterocycles. The van der Waals surface area contributed by atoms with E-state index in [9.17, 15) is 13.6 Å². The Hall–Kier alpha value is -2.60. The van der Waals surface area contributed by atoms with Crippen LogP contribution in [0.3, 0.4) is 0 Å². The van der Waals surface area contributed by atoms with Gasteiger partial charge in [-0.15, -0.1) is 0 Å². The Balaban J connectivity index is 1.58. The second kappa shape index (κ2) is 6.61. The van der Waals surface area contributed by atoms with E-state index >= 15 is 0 Å². The molecule has 2 aromatic carbocycles. The van der Waals surface area contributed by atoms with E-state index in [1.807, 2.05) is 0 Å². The molecular formula is C19H15ClF2N2O2. The third kappa shape index (κ3) is 3.12. The lowest BCUT2D eigenvalue weighted by Gasteiger charge is -2.19. The van der Waals surface area contributed by atoms with Crippen molar-refractivity contribution in [2.24, 2.45) is 0 Å². The molecule has 1 saturated heterocycles. The Morgan fingerprint density at radius 3 is 2.46 bits per heavy atom. The maximum absolute atomic E-state index is 14.4. The van der Waals surface area contributed by atoms with Crippen molar-refractivity contribution in [2.45, 2.75) is 12.8 Å². The fraction of sp³-hybridized carbons (Fsp3) is 0.211. The maximum Gasteiger partial charge on any atom is 0.291 e. The van der Waals surface area contributed by atoms with Gasteiger partial charge in [-0.25, -0.2) is 8.78 Å². The Kier molecular flexibility index (Phi) is 4.28. The van der Waals surface area contributed by atoms with Crippen LogP contribution in [-0.4, -0.2) is 19.0 Å². The molecule has 0 saturated carbocycles. The van der Waals surface area contributed by atoms with Crippen molar-refractivity contribution in [3.05, 3.63) is 58.8 Å². The van der Waals surface area contributed by atoms with E-state index in [1.165, 1.54) is 6.07 Å². The van der Waals surface area contributed by atoms with E-state index in [-0.39, 0.29) is 17.1 Å². The first-order valence-corrected chi connectivity index (χ1v) is 8.63. The number of rotatable bonds is 3. The van der Waals surface area contributed by atoms with Gasteiger partial charge in [0.2, 0.25) is 0 Å². The van der Waals surface area contributed by atoms with Gasteiger partial charge in [-0.2, -0.15) is 0 Å². The largest absolute Gasteiger partial charge is 0.451 e. The first-order valence-electron chi connectivity index (χ1n) is 8.26. The summed E-state index contributed by atoms with van der Waals surface area (Å²) in [6.45, 7) is 1.25. The molecule has 1 amide bonds. The Morgan fingerprint density at radius 1 is 1.08 bits per heavy atom. The monoisotopic (exact) mass is 376 g/mol. The van der Waals surface area contributed by atoms with Gasteiger partial charge < -0.3 is 14.6 Å². The minimum absolute atomic E-state index is 0.0337. The van der Waals surface area contributed by atoms with Crippen molar-refractivity contribution in [3.8, 4) is 0 Å². The fourth-order valence-electron chi connectivity index (χ4n) is 3.20. The number of carbonyl (C=O) groups is 1.